The van der Waals surface area contributed by atoms with Crippen LogP contribution in [-0.4, -0.2) is 25.4 Å². The van der Waals surface area contributed by atoms with E-state index in [0.29, 0.717) is 23.6 Å². The smallest absolute Gasteiger partial charge is 0.291 e. The third-order valence-electron chi connectivity index (χ3n) is 4.41. The van der Waals surface area contributed by atoms with Gasteiger partial charge in [-0.2, -0.15) is 5.10 Å². The number of anilines is 1. The van der Waals surface area contributed by atoms with E-state index in [-0.39, 0.29) is 12.1 Å². The number of rotatable bonds is 5. The van der Waals surface area contributed by atoms with E-state index in [1.54, 1.807) is 19.2 Å². The van der Waals surface area contributed by atoms with Crippen molar-refractivity contribution in [3.8, 4) is 0 Å². The van der Waals surface area contributed by atoms with Crippen molar-refractivity contribution in [3.05, 3.63) is 52.6 Å². The van der Waals surface area contributed by atoms with Gasteiger partial charge in [-0.15, -0.1) is 0 Å². The molecule has 0 saturated carbocycles. The summed E-state index contributed by atoms with van der Waals surface area (Å²) in [6, 6.07) is 9.48. The quantitative estimate of drug-likeness (QED) is 0.587. The van der Waals surface area contributed by atoms with Gasteiger partial charge < -0.3 is 14.4 Å². The van der Waals surface area contributed by atoms with Crippen molar-refractivity contribution >= 4 is 33.5 Å². The van der Waals surface area contributed by atoms with Crippen LogP contribution in [0.2, 0.25) is 0 Å². The molecule has 4 aromatic rings. The molecule has 0 aliphatic heterocycles. The molecule has 1 aromatic carbocycles. The Balaban J connectivity index is 1.75. The van der Waals surface area contributed by atoms with E-state index in [2.05, 4.69) is 22.5 Å². The number of benzene rings is 1. The van der Waals surface area contributed by atoms with Crippen molar-refractivity contribution < 1.29 is 9.32 Å². The summed E-state index contributed by atoms with van der Waals surface area (Å²) >= 11 is 0. The average molecular weight is 365 g/mol. The van der Waals surface area contributed by atoms with Gasteiger partial charge in [0.15, 0.2) is 5.82 Å². The lowest BCUT2D eigenvalue weighted by molar-refractivity contribution is -0.117. The Labute approximate surface area is 154 Å². The molecule has 0 aliphatic rings. The zero-order valence-electron chi connectivity index (χ0n) is 15.1. The largest absolute Gasteiger partial charge is 0.360 e. The van der Waals surface area contributed by atoms with E-state index in [1.165, 1.54) is 4.68 Å². The molecule has 0 atom stereocenters. The van der Waals surface area contributed by atoms with E-state index in [1.807, 2.05) is 28.8 Å². The molecule has 0 aliphatic carbocycles. The Morgan fingerprint density at radius 2 is 2.07 bits per heavy atom. The van der Waals surface area contributed by atoms with Gasteiger partial charge in [0, 0.05) is 28.9 Å². The molecule has 1 N–H and O–H groups in total. The second-order valence-corrected chi connectivity index (χ2v) is 6.41. The van der Waals surface area contributed by atoms with Crippen molar-refractivity contribution in [2.45, 2.75) is 33.4 Å². The molecule has 0 unspecified atom stereocenters. The highest BCUT2D eigenvalue weighted by molar-refractivity contribution is 6.07. The predicted octanol–water partition coefficient (Wildman–Crippen LogP) is 2.70. The average Bonchev–Trinajstić information content (AvgIpc) is 3.20. The van der Waals surface area contributed by atoms with Crippen molar-refractivity contribution in [3.63, 3.8) is 0 Å². The number of nitrogens with zero attached hydrogens (tertiary/aromatic N) is 4. The van der Waals surface area contributed by atoms with Crippen LogP contribution in [0.3, 0.4) is 0 Å². The third kappa shape index (κ3) is 2.99. The second-order valence-electron chi connectivity index (χ2n) is 6.41. The predicted molar refractivity (Wildman–Crippen MR) is 102 cm³/mol. The summed E-state index contributed by atoms with van der Waals surface area (Å²) in [6.45, 7) is 4.31. The molecule has 0 spiro atoms. The van der Waals surface area contributed by atoms with E-state index < -0.39 is 5.91 Å². The fraction of sp³-hybridized carbons (Fsp3) is 0.263. The second kappa shape index (κ2) is 6.71. The molecule has 0 saturated heterocycles. The highest BCUT2D eigenvalue weighted by Crippen LogP contribution is 2.26. The SMILES string of the molecule is CCCn1c2ccccc2c2cnn(CC(=O)Nc3cc(C)on3)c(=O)c21. The lowest BCUT2D eigenvalue weighted by Crippen LogP contribution is -2.30. The molecule has 0 radical (unpaired) electrons. The van der Waals surface area contributed by atoms with Crippen molar-refractivity contribution in [1.29, 1.82) is 0 Å². The summed E-state index contributed by atoms with van der Waals surface area (Å²) < 4.78 is 8.10. The molecule has 8 nitrogen and oxygen atoms in total. The van der Waals surface area contributed by atoms with E-state index in [4.69, 9.17) is 4.52 Å². The number of carbonyl (C=O) groups excluding carboxylic acids is 1. The standard InChI is InChI=1S/C19H19N5O3/c1-3-8-23-15-7-5-4-6-13(15)14-10-20-24(19(26)18(14)23)11-17(25)21-16-9-12(2)27-22-16/h4-7,9-10H,3,8,11H2,1-2H3,(H,21,22,25). The molecule has 3 heterocycles. The maximum atomic E-state index is 13.1. The van der Waals surface area contributed by atoms with Crippen molar-refractivity contribution in [2.24, 2.45) is 0 Å². The monoisotopic (exact) mass is 365 g/mol. The van der Waals surface area contributed by atoms with Crippen molar-refractivity contribution in [1.82, 2.24) is 19.5 Å². The topological polar surface area (TPSA) is 95.0 Å². The van der Waals surface area contributed by atoms with Crippen molar-refractivity contribution in [2.75, 3.05) is 5.32 Å². The lowest BCUT2D eigenvalue weighted by atomic mass is 10.2. The van der Waals surface area contributed by atoms with Gasteiger partial charge in [0.1, 0.15) is 17.8 Å². The van der Waals surface area contributed by atoms with E-state index >= 15 is 0 Å². The number of aryl methyl sites for hydroxylation is 2. The molecular weight excluding hydrogens is 346 g/mol. The summed E-state index contributed by atoms with van der Waals surface area (Å²) in [4.78, 5) is 25.3. The van der Waals surface area contributed by atoms with Crippen LogP contribution in [0.25, 0.3) is 21.8 Å². The van der Waals surface area contributed by atoms with Crippen LogP contribution in [0.15, 0.2) is 45.8 Å². The minimum atomic E-state index is -0.393. The Bertz CT molecular complexity index is 1200. The van der Waals surface area contributed by atoms with Crippen LogP contribution in [0, 0.1) is 6.92 Å². The van der Waals surface area contributed by atoms with Gasteiger partial charge in [0.25, 0.3) is 5.56 Å². The summed E-state index contributed by atoms with van der Waals surface area (Å²) in [7, 11) is 0. The maximum Gasteiger partial charge on any atom is 0.291 e. The first-order valence-electron chi connectivity index (χ1n) is 8.78. The van der Waals surface area contributed by atoms with Crippen LogP contribution < -0.4 is 10.9 Å². The first-order valence-corrected chi connectivity index (χ1v) is 8.78. The van der Waals surface area contributed by atoms with Crippen LogP contribution in [0.1, 0.15) is 19.1 Å². The van der Waals surface area contributed by atoms with E-state index in [9.17, 15) is 9.59 Å². The number of nitrogens with one attached hydrogen (secondary N) is 1. The van der Waals surface area contributed by atoms with E-state index in [0.717, 1.165) is 22.7 Å². The Hall–Kier alpha value is -3.42. The fourth-order valence-corrected chi connectivity index (χ4v) is 3.31. The zero-order chi connectivity index (χ0) is 19.0. The van der Waals surface area contributed by atoms with Crippen LogP contribution in [0.4, 0.5) is 5.82 Å². The Morgan fingerprint density at radius 3 is 2.81 bits per heavy atom. The number of fused-ring (bicyclic) bond motifs is 3. The van der Waals surface area contributed by atoms with Gasteiger partial charge >= 0.3 is 0 Å². The minimum absolute atomic E-state index is 0.200. The van der Waals surface area contributed by atoms with Gasteiger partial charge in [-0.3, -0.25) is 9.59 Å². The lowest BCUT2D eigenvalue weighted by Gasteiger charge is -2.07. The number of amides is 1. The van der Waals surface area contributed by atoms with Gasteiger partial charge in [-0.05, 0) is 19.4 Å². The number of aromatic nitrogens is 4. The molecule has 0 bridgehead atoms. The highest BCUT2D eigenvalue weighted by Gasteiger charge is 2.17. The molecule has 0 fully saturated rings. The first kappa shape index (κ1) is 17.0. The molecular formula is C19H19N5O3. The molecule has 4 rings (SSSR count). The van der Waals surface area contributed by atoms with Crippen LogP contribution >= 0.6 is 0 Å². The normalized spacial score (nSPS) is 11.3. The molecule has 1 amide bonds. The number of carbonyl (C=O) groups is 1. The highest BCUT2D eigenvalue weighted by atomic mass is 16.5. The van der Waals surface area contributed by atoms with Gasteiger partial charge in [0.05, 0.1) is 6.20 Å². The van der Waals surface area contributed by atoms with Gasteiger partial charge in [-0.1, -0.05) is 30.3 Å². The first-order chi connectivity index (χ1) is 13.1. The maximum absolute atomic E-state index is 13.1. The minimum Gasteiger partial charge on any atom is -0.360 e. The molecule has 138 valence electrons. The van der Waals surface area contributed by atoms with Gasteiger partial charge in [-0.25, -0.2) is 4.68 Å². The fourth-order valence-electron chi connectivity index (χ4n) is 3.31. The van der Waals surface area contributed by atoms with Gasteiger partial charge in [0.2, 0.25) is 5.91 Å². The molecule has 27 heavy (non-hydrogen) atoms. The number of para-hydroxylation sites is 1. The number of hydrogen-bond donors (Lipinski definition) is 1. The summed E-state index contributed by atoms with van der Waals surface area (Å²) in [5.74, 6) is 0.508. The Morgan fingerprint density at radius 1 is 1.26 bits per heavy atom. The molecule has 8 heteroatoms. The number of hydrogen-bond acceptors (Lipinski definition) is 5. The van der Waals surface area contributed by atoms with Crippen LogP contribution in [0.5, 0.6) is 0 Å². The Kier molecular flexibility index (Phi) is 4.23. The summed E-state index contributed by atoms with van der Waals surface area (Å²) in [5.41, 5.74) is 1.27. The molecule has 3 aromatic heterocycles. The summed E-state index contributed by atoms with van der Waals surface area (Å²) in [6.07, 6.45) is 2.54. The van der Waals surface area contributed by atoms with Crippen LogP contribution in [-0.2, 0) is 17.9 Å². The zero-order valence-corrected chi connectivity index (χ0v) is 15.1. The third-order valence-corrected chi connectivity index (χ3v) is 4.41. The summed E-state index contributed by atoms with van der Waals surface area (Å²) in [5, 5.41) is 12.3.